The Hall–Kier alpha value is -0.630. The molecule has 0 unspecified atom stereocenters. The zero-order chi connectivity index (χ0) is 15.6. The lowest BCUT2D eigenvalue weighted by Crippen LogP contribution is -2.40. The molecule has 1 saturated heterocycles. The molecular weight excluding hydrogens is 364 g/mol. The zero-order valence-corrected chi connectivity index (χ0v) is 15.5. The Kier molecular flexibility index (Phi) is 8.22. The van der Waals surface area contributed by atoms with E-state index in [-0.39, 0.29) is 0 Å². The van der Waals surface area contributed by atoms with Gasteiger partial charge in [-0.15, -0.1) is 11.3 Å². The van der Waals surface area contributed by atoms with Crippen LogP contribution in [0.4, 0.5) is 0 Å². The number of ether oxygens (including phenoxy) is 1. The van der Waals surface area contributed by atoms with Crippen LogP contribution in [-0.4, -0.2) is 63.3 Å². The van der Waals surface area contributed by atoms with Gasteiger partial charge in [0.05, 0.1) is 23.5 Å². The molecule has 0 aliphatic carbocycles. The molecule has 124 valence electrons. The van der Waals surface area contributed by atoms with Crippen molar-refractivity contribution in [3.8, 4) is 0 Å². The number of guanidine groups is 1. The number of rotatable bonds is 7. The highest BCUT2D eigenvalue weighted by atomic mass is 79.9. The molecule has 0 bridgehead atoms. The molecule has 1 aromatic rings. The summed E-state index contributed by atoms with van der Waals surface area (Å²) in [6.45, 7) is 9.42. The van der Waals surface area contributed by atoms with Crippen LogP contribution in [0.3, 0.4) is 0 Å². The fourth-order valence-electron chi connectivity index (χ4n) is 2.26. The molecule has 0 radical (unpaired) electrons. The molecule has 2 heterocycles. The third-order valence-electron chi connectivity index (χ3n) is 3.43. The number of nitrogens with zero attached hydrogens (tertiary/aromatic N) is 2. The highest BCUT2D eigenvalue weighted by Gasteiger charge is 2.09. The first-order valence-corrected chi connectivity index (χ1v) is 9.45. The Labute approximate surface area is 145 Å². The maximum Gasteiger partial charge on any atom is 0.191 e. The summed E-state index contributed by atoms with van der Waals surface area (Å²) in [5.41, 5.74) is 0. The molecule has 7 heteroatoms. The lowest BCUT2D eigenvalue weighted by molar-refractivity contribution is 0.0394. The van der Waals surface area contributed by atoms with Crippen LogP contribution < -0.4 is 10.6 Å². The predicted octanol–water partition coefficient (Wildman–Crippen LogP) is 1.94. The van der Waals surface area contributed by atoms with E-state index in [1.54, 1.807) is 11.3 Å². The molecule has 0 atom stereocenters. The minimum atomic E-state index is 0.819. The van der Waals surface area contributed by atoms with Gasteiger partial charge in [0.25, 0.3) is 0 Å². The predicted molar refractivity (Wildman–Crippen MR) is 97.0 cm³/mol. The molecule has 22 heavy (non-hydrogen) atoms. The first-order valence-electron chi connectivity index (χ1n) is 7.84. The summed E-state index contributed by atoms with van der Waals surface area (Å²) in [5.74, 6) is 0.909. The molecule has 2 rings (SSSR count). The zero-order valence-electron chi connectivity index (χ0n) is 13.1. The van der Waals surface area contributed by atoms with Crippen molar-refractivity contribution in [1.29, 1.82) is 0 Å². The summed E-state index contributed by atoms with van der Waals surface area (Å²) < 4.78 is 6.55. The topological polar surface area (TPSA) is 48.9 Å². The van der Waals surface area contributed by atoms with Crippen molar-refractivity contribution in [1.82, 2.24) is 15.5 Å². The molecule has 0 saturated carbocycles. The minimum Gasteiger partial charge on any atom is -0.379 e. The molecule has 0 spiro atoms. The number of nitrogens with one attached hydrogen (secondary N) is 2. The standard InChI is InChI=1S/C15H25BrN4OS/c1-2-17-15(18-6-5-13-3-4-14(16)22-13)19-7-8-20-9-11-21-12-10-20/h3-4H,2,5-12H2,1H3,(H2,17,18,19). The third-order valence-corrected chi connectivity index (χ3v) is 5.11. The molecular formula is C15H25BrN4OS. The monoisotopic (exact) mass is 388 g/mol. The quantitative estimate of drug-likeness (QED) is 0.553. The van der Waals surface area contributed by atoms with Crippen LogP contribution in [0.2, 0.25) is 0 Å². The van der Waals surface area contributed by atoms with E-state index in [2.05, 4.69) is 55.5 Å². The molecule has 1 aliphatic rings. The Bertz CT molecular complexity index is 460. The Morgan fingerprint density at radius 2 is 2.18 bits per heavy atom. The van der Waals surface area contributed by atoms with Crippen LogP contribution >= 0.6 is 27.3 Å². The first-order chi connectivity index (χ1) is 10.8. The summed E-state index contributed by atoms with van der Waals surface area (Å²) in [6.07, 6.45) is 1.02. The van der Waals surface area contributed by atoms with Crippen molar-refractivity contribution in [3.63, 3.8) is 0 Å². The van der Waals surface area contributed by atoms with Gasteiger partial charge in [-0.2, -0.15) is 0 Å². The number of halogens is 1. The summed E-state index contributed by atoms with van der Waals surface area (Å²) in [7, 11) is 0. The van der Waals surface area contributed by atoms with Crippen LogP contribution in [-0.2, 0) is 11.2 Å². The Morgan fingerprint density at radius 1 is 1.36 bits per heavy atom. The lowest BCUT2D eigenvalue weighted by atomic mass is 10.3. The van der Waals surface area contributed by atoms with E-state index in [0.717, 1.165) is 64.9 Å². The Balaban J connectivity index is 1.69. The largest absolute Gasteiger partial charge is 0.379 e. The van der Waals surface area contributed by atoms with Crippen LogP contribution in [0.1, 0.15) is 11.8 Å². The smallest absolute Gasteiger partial charge is 0.191 e. The number of morpholine rings is 1. The van der Waals surface area contributed by atoms with Crippen LogP contribution in [0.5, 0.6) is 0 Å². The van der Waals surface area contributed by atoms with Crippen LogP contribution in [0, 0.1) is 0 Å². The van der Waals surface area contributed by atoms with Gasteiger partial charge in [0.2, 0.25) is 0 Å². The highest BCUT2D eigenvalue weighted by molar-refractivity contribution is 9.11. The molecule has 1 fully saturated rings. The number of hydrogen-bond donors (Lipinski definition) is 2. The molecule has 5 nitrogen and oxygen atoms in total. The summed E-state index contributed by atoms with van der Waals surface area (Å²) in [4.78, 5) is 8.43. The van der Waals surface area contributed by atoms with E-state index in [9.17, 15) is 0 Å². The van der Waals surface area contributed by atoms with Gasteiger partial charge in [0.1, 0.15) is 0 Å². The molecule has 1 aromatic heterocycles. The van der Waals surface area contributed by atoms with E-state index < -0.39 is 0 Å². The van der Waals surface area contributed by atoms with Gasteiger partial charge in [-0.05, 0) is 41.4 Å². The summed E-state index contributed by atoms with van der Waals surface area (Å²) >= 11 is 5.29. The van der Waals surface area contributed by atoms with Crippen LogP contribution in [0.15, 0.2) is 20.9 Å². The van der Waals surface area contributed by atoms with Gasteiger partial charge < -0.3 is 15.4 Å². The molecule has 0 amide bonds. The van der Waals surface area contributed by atoms with Crippen molar-refractivity contribution in [2.75, 3.05) is 52.5 Å². The van der Waals surface area contributed by atoms with Gasteiger partial charge in [0, 0.05) is 37.6 Å². The van der Waals surface area contributed by atoms with E-state index in [1.165, 1.54) is 8.66 Å². The van der Waals surface area contributed by atoms with Gasteiger partial charge >= 0.3 is 0 Å². The van der Waals surface area contributed by atoms with Gasteiger partial charge in [0.15, 0.2) is 5.96 Å². The van der Waals surface area contributed by atoms with E-state index in [4.69, 9.17) is 4.74 Å². The average Bonchev–Trinajstić information content (AvgIpc) is 2.94. The minimum absolute atomic E-state index is 0.819. The van der Waals surface area contributed by atoms with Gasteiger partial charge in [-0.3, -0.25) is 9.89 Å². The maximum atomic E-state index is 5.36. The summed E-state index contributed by atoms with van der Waals surface area (Å²) in [5, 5.41) is 6.70. The molecule has 1 aliphatic heterocycles. The van der Waals surface area contributed by atoms with Crippen molar-refractivity contribution in [3.05, 3.63) is 20.8 Å². The SMILES string of the molecule is CCNC(=NCCN1CCOCC1)NCCc1ccc(Br)s1. The average molecular weight is 389 g/mol. The van der Waals surface area contributed by atoms with Gasteiger partial charge in [-0.1, -0.05) is 0 Å². The maximum absolute atomic E-state index is 5.36. The highest BCUT2D eigenvalue weighted by Crippen LogP contribution is 2.21. The van der Waals surface area contributed by atoms with Crippen LogP contribution in [0.25, 0.3) is 0 Å². The number of hydrogen-bond acceptors (Lipinski definition) is 4. The number of thiophene rings is 1. The summed E-state index contributed by atoms with van der Waals surface area (Å²) in [6, 6.07) is 4.26. The van der Waals surface area contributed by atoms with Crippen molar-refractivity contribution in [2.45, 2.75) is 13.3 Å². The second-order valence-electron chi connectivity index (χ2n) is 5.10. The van der Waals surface area contributed by atoms with Crippen molar-refractivity contribution >= 4 is 33.2 Å². The molecule has 2 N–H and O–H groups in total. The fourth-order valence-corrected chi connectivity index (χ4v) is 3.74. The fraction of sp³-hybridized carbons (Fsp3) is 0.667. The van der Waals surface area contributed by atoms with E-state index >= 15 is 0 Å². The molecule has 0 aromatic carbocycles. The van der Waals surface area contributed by atoms with Crippen molar-refractivity contribution in [2.24, 2.45) is 4.99 Å². The second kappa shape index (κ2) is 10.2. The first kappa shape index (κ1) is 17.7. The normalized spacial score (nSPS) is 16.7. The van der Waals surface area contributed by atoms with Gasteiger partial charge in [-0.25, -0.2) is 0 Å². The number of aliphatic imine (C=N–C) groups is 1. The van der Waals surface area contributed by atoms with Crippen molar-refractivity contribution < 1.29 is 4.74 Å². The van der Waals surface area contributed by atoms with E-state index in [1.807, 2.05) is 0 Å². The second-order valence-corrected chi connectivity index (χ2v) is 7.64. The van der Waals surface area contributed by atoms with E-state index in [0.29, 0.717) is 0 Å². The lowest BCUT2D eigenvalue weighted by Gasteiger charge is -2.25. The Morgan fingerprint density at radius 3 is 2.86 bits per heavy atom. The third kappa shape index (κ3) is 6.64.